The summed E-state index contributed by atoms with van der Waals surface area (Å²) in [6.07, 6.45) is 5.58. The van der Waals surface area contributed by atoms with Crippen molar-refractivity contribution in [2.45, 2.75) is 124 Å². The van der Waals surface area contributed by atoms with Crippen molar-refractivity contribution in [2.24, 2.45) is 5.41 Å². The summed E-state index contributed by atoms with van der Waals surface area (Å²) in [4.78, 5) is 98.7. The molecule has 482 valence electrons. The number of sulfone groups is 1. The van der Waals surface area contributed by atoms with Crippen molar-refractivity contribution < 1.29 is 63.6 Å². The fourth-order valence-electron chi connectivity index (χ4n) is 12.0. The molecule has 4 aromatic rings. The van der Waals surface area contributed by atoms with Gasteiger partial charge in [-0.3, -0.25) is 53.6 Å². The molecule has 3 fully saturated rings. The molecule has 4 N–H and O–H groups in total. The van der Waals surface area contributed by atoms with E-state index in [1.54, 1.807) is 22.6 Å². The number of hydrogen-bond acceptors (Lipinski definition) is 16. The third-order valence-corrected chi connectivity index (χ3v) is 21.2. The number of imide groups is 2. The average Bonchev–Trinajstić information content (AvgIpc) is 1.50. The van der Waals surface area contributed by atoms with Crippen molar-refractivity contribution in [3.63, 3.8) is 0 Å². The van der Waals surface area contributed by atoms with Crippen LogP contribution >= 0.6 is 11.8 Å². The maximum atomic E-state index is 14.5. The first-order valence-electron chi connectivity index (χ1n) is 30.2. The van der Waals surface area contributed by atoms with E-state index in [1.807, 2.05) is 40.0 Å². The molecule has 5 aliphatic rings. The van der Waals surface area contributed by atoms with Crippen LogP contribution in [0.1, 0.15) is 122 Å². The van der Waals surface area contributed by atoms with Crippen LogP contribution in [0.2, 0.25) is 0 Å². The maximum Gasteiger partial charge on any atom is 0.501 e. The second kappa shape index (κ2) is 28.4. The smallest absolute Gasteiger partial charge is 0.380 e. The fraction of sp³-hybridized carbons (Fsp3) is 0.453. The number of thioether (sulfide) groups is 1. The SMILES string of the molecule is C=C(C)CCC1=C(CN2CCN(c3ccc(C(=O)NS(=O)(=O)c4ccc(N[C@H](CCN5CCN(C(=O)CCCC(=O)Nc6cccc7c6C(=O)N(C6CCC(=O)NC6=O)C7=O)CC5)CSc5ccccc5)c(S(=O)(=O)C(F)(F)F)c4)cc3)CC2)CCC(C)(C)C1. The van der Waals surface area contributed by atoms with E-state index in [0.29, 0.717) is 38.8 Å². The zero-order valence-corrected chi connectivity index (χ0v) is 53.1. The van der Waals surface area contributed by atoms with E-state index in [0.717, 1.165) is 92.4 Å². The molecule has 0 saturated carbocycles. The molecule has 7 amide bonds. The summed E-state index contributed by atoms with van der Waals surface area (Å²) >= 11 is 1.37. The molecule has 0 aromatic heterocycles. The lowest BCUT2D eigenvalue weighted by Gasteiger charge is -2.39. The normalized spacial score (nSPS) is 18.9. The van der Waals surface area contributed by atoms with Crippen molar-refractivity contribution in [1.82, 2.24) is 29.6 Å². The van der Waals surface area contributed by atoms with Crippen molar-refractivity contribution in [3.05, 3.63) is 131 Å². The fourth-order valence-corrected chi connectivity index (χ4v) is 15.0. The molecule has 0 radical (unpaired) electrons. The van der Waals surface area contributed by atoms with Gasteiger partial charge in [0.05, 0.1) is 27.4 Å². The summed E-state index contributed by atoms with van der Waals surface area (Å²) in [6.45, 7) is 16.7. The Morgan fingerprint density at radius 1 is 0.789 bits per heavy atom. The Bertz CT molecular complexity index is 3680. The molecule has 1 aliphatic carbocycles. The van der Waals surface area contributed by atoms with Crippen LogP contribution in [0.5, 0.6) is 0 Å². The molecule has 4 aliphatic heterocycles. The van der Waals surface area contributed by atoms with Crippen molar-refractivity contribution in [1.29, 1.82) is 0 Å². The van der Waals surface area contributed by atoms with E-state index in [4.69, 9.17) is 0 Å². The van der Waals surface area contributed by atoms with Gasteiger partial charge in [-0.25, -0.2) is 21.6 Å². The molecule has 20 nitrogen and oxygen atoms in total. The van der Waals surface area contributed by atoms with Gasteiger partial charge in [0.2, 0.25) is 23.6 Å². The molecule has 26 heteroatoms. The number of halogens is 3. The Morgan fingerprint density at radius 2 is 1.49 bits per heavy atom. The van der Waals surface area contributed by atoms with E-state index < -0.39 is 88.4 Å². The lowest BCUT2D eigenvalue weighted by molar-refractivity contribution is -0.136. The number of anilines is 3. The highest BCUT2D eigenvalue weighted by Gasteiger charge is 2.49. The quantitative estimate of drug-likeness (QED) is 0.0292. The number of carbonyl (C=O) groups excluding carboxylic acids is 7. The predicted octanol–water partition coefficient (Wildman–Crippen LogP) is 8.40. The highest BCUT2D eigenvalue weighted by molar-refractivity contribution is 7.99. The number of sulfonamides is 1. The second-order valence-corrected chi connectivity index (χ2v) is 29.1. The maximum absolute atomic E-state index is 14.5. The summed E-state index contributed by atoms with van der Waals surface area (Å²) in [5.74, 6) is -4.34. The van der Waals surface area contributed by atoms with Crippen LogP contribution < -0.4 is 25.6 Å². The summed E-state index contributed by atoms with van der Waals surface area (Å²) < 4.78 is 99.7. The molecular formula is C64H76F3N9O11S3. The Balaban J connectivity index is 0.784. The molecule has 4 aromatic carbocycles. The van der Waals surface area contributed by atoms with Gasteiger partial charge >= 0.3 is 5.51 Å². The average molecular weight is 1300 g/mol. The number of alkyl halides is 3. The van der Waals surface area contributed by atoms with Crippen molar-refractivity contribution in [3.8, 4) is 0 Å². The molecular weight excluding hydrogens is 1220 g/mol. The third kappa shape index (κ3) is 16.4. The standard InChI is InChI=1S/C64H76F3N9O11S3/c1-42(2)16-17-44-39-63(3,4)28-26-45(44)40-73-32-34-74(35-33-73)47-20-18-43(19-21-47)59(80)71-90(86,87)49-22-23-51(54(38-49)89(84,85)64(65,66)67)68-46(41-88-48-10-6-5-7-11-48)27-29-72-30-36-75(37-31-72)57(79)15-9-14-55(77)69-52-13-8-12-50-58(52)62(83)76(61(50)82)53-24-25-56(78)70-60(53)81/h5-8,10-13,18-23,38,46,53,68H,1,9,14-17,24-37,39-41H2,2-4H3,(H,69,77)(H,71,80)(H,70,78,81)/t46-,53?/m1/s1. The second-order valence-electron chi connectivity index (χ2n) is 24.4. The van der Waals surface area contributed by atoms with Crippen LogP contribution in [0.15, 0.2) is 129 Å². The van der Waals surface area contributed by atoms with Gasteiger partial charge in [-0.1, -0.05) is 54.8 Å². The first kappa shape index (κ1) is 67.0. The molecule has 9 rings (SSSR count). The van der Waals surface area contributed by atoms with Crippen molar-refractivity contribution in [2.75, 3.05) is 86.7 Å². The van der Waals surface area contributed by atoms with Crippen LogP contribution in [0.3, 0.4) is 0 Å². The van der Waals surface area contributed by atoms with Gasteiger partial charge in [-0.05, 0) is 130 Å². The number of piperidine rings is 1. The monoisotopic (exact) mass is 1300 g/mol. The van der Waals surface area contributed by atoms with E-state index in [9.17, 15) is 63.6 Å². The Morgan fingerprint density at radius 3 is 2.17 bits per heavy atom. The number of nitrogens with zero attached hydrogens (tertiary/aromatic N) is 5. The number of piperazine rings is 2. The highest BCUT2D eigenvalue weighted by Crippen LogP contribution is 2.42. The van der Waals surface area contributed by atoms with Crippen LogP contribution in [0.4, 0.5) is 30.2 Å². The zero-order valence-electron chi connectivity index (χ0n) is 50.7. The van der Waals surface area contributed by atoms with Gasteiger partial charge in [-0.15, -0.1) is 18.3 Å². The molecule has 4 heterocycles. The summed E-state index contributed by atoms with van der Waals surface area (Å²) in [7, 11) is -11.1. The van der Waals surface area contributed by atoms with E-state index in [2.05, 4.69) is 53.1 Å². The number of nitrogens with one attached hydrogen (secondary N) is 4. The lowest BCUT2D eigenvalue weighted by atomic mass is 9.73. The number of carbonyl (C=O) groups is 7. The first-order chi connectivity index (χ1) is 42.7. The Labute approximate surface area is 527 Å². The number of rotatable bonds is 24. The summed E-state index contributed by atoms with van der Waals surface area (Å²) in [5.41, 5.74) is -1.04. The minimum Gasteiger partial charge on any atom is -0.380 e. The largest absolute Gasteiger partial charge is 0.501 e. The molecule has 1 unspecified atom stereocenters. The molecule has 3 saturated heterocycles. The van der Waals surface area contributed by atoms with Crippen LogP contribution in [0.25, 0.3) is 0 Å². The number of hydrogen-bond donors (Lipinski definition) is 4. The zero-order chi connectivity index (χ0) is 64.7. The summed E-state index contributed by atoms with van der Waals surface area (Å²) in [6, 6.07) is 20.2. The predicted molar refractivity (Wildman–Crippen MR) is 336 cm³/mol. The van der Waals surface area contributed by atoms with E-state index in [-0.39, 0.29) is 78.0 Å². The molecule has 0 bridgehead atoms. The van der Waals surface area contributed by atoms with Crippen LogP contribution in [-0.2, 0) is 39.0 Å². The van der Waals surface area contributed by atoms with E-state index >= 15 is 0 Å². The van der Waals surface area contributed by atoms with Gasteiger partial charge in [0, 0.05) is 113 Å². The number of fused-ring (bicyclic) bond motifs is 1. The van der Waals surface area contributed by atoms with Gasteiger partial charge in [-0.2, -0.15) is 13.2 Å². The lowest BCUT2D eigenvalue weighted by Crippen LogP contribution is -2.54. The Kier molecular flexibility index (Phi) is 21.2. The molecule has 90 heavy (non-hydrogen) atoms. The van der Waals surface area contributed by atoms with Crippen molar-refractivity contribution >= 4 is 90.0 Å². The first-order valence-corrected chi connectivity index (χ1v) is 34.1. The van der Waals surface area contributed by atoms with Crippen LogP contribution in [-0.4, -0.2) is 167 Å². The Hall–Kier alpha value is -7.39. The topological polar surface area (TPSA) is 252 Å². The number of benzene rings is 4. The van der Waals surface area contributed by atoms with E-state index in [1.165, 1.54) is 53.2 Å². The number of amides is 7. The minimum absolute atomic E-state index is 0.00126. The minimum atomic E-state index is -6.19. The number of allylic oxidation sites excluding steroid dienone is 2. The highest BCUT2D eigenvalue weighted by atomic mass is 32.2. The van der Waals surface area contributed by atoms with Crippen LogP contribution in [0, 0.1) is 5.41 Å². The third-order valence-electron chi connectivity index (χ3n) is 17.1. The van der Waals surface area contributed by atoms with Gasteiger partial charge < -0.3 is 20.4 Å². The van der Waals surface area contributed by atoms with Gasteiger partial charge in [0.1, 0.15) is 10.9 Å². The summed E-state index contributed by atoms with van der Waals surface area (Å²) in [5, 5.41) is 7.78. The van der Waals surface area contributed by atoms with Gasteiger partial charge in [0.15, 0.2) is 0 Å². The molecule has 2 atom stereocenters. The van der Waals surface area contributed by atoms with Gasteiger partial charge in [0.25, 0.3) is 37.6 Å². The molecule has 0 spiro atoms.